The highest BCUT2D eigenvalue weighted by molar-refractivity contribution is 7.15. The van der Waals surface area contributed by atoms with Crippen molar-refractivity contribution in [3.63, 3.8) is 0 Å². The number of hydrogen-bond acceptors (Lipinski definition) is 4. The number of anilines is 1. The lowest BCUT2D eigenvalue weighted by Crippen LogP contribution is -2.30. The predicted octanol–water partition coefficient (Wildman–Crippen LogP) is 3.23. The molecule has 0 atom stereocenters. The van der Waals surface area contributed by atoms with Crippen molar-refractivity contribution in [1.82, 2.24) is 4.98 Å². The highest BCUT2D eigenvalue weighted by Crippen LogP contribution is 2.39. The molecule has 0 radical (unpaired) electrons. The SMILES string of the molecule is CC(C)(CNc1ncc(CN)s1)C1CCCC1. The minimum Gasteiger partial charge on any atom is -0.361 e. The molecule has 3 N–H and O–H groups in total. The molecule has 2 rings (SSSR count). The topological polar surface area (TPSA) is 50.9 Å². The van der Waals surface area contributed by atoms with Gasteiger partial charge in [0.05, 0.1) is 0 Å². The van der Waals surface area contributed by atoms with Gasteiger partial charge in [0.2, 0.25) is 0 Å². The molecule has 96 valence electrons. The first-order valence-electron chi connectivity index (χ1n) is 6.50. The van der Waals surface area contributed by atoms with E-state index in [0.29, 0.717) is 12.0 Å². The Kier molecular flexibility index (Phi) is 4.05. The van der Waals surface area contributed by atoms with Crippen LogP contribution in [0, 0.1) is 11.3 Å². The van der Waals surface area contributed by atoms with Crippen molar-refractivity contribution in [2.24, 2.45) is 17.1 Å². The van der Waals surface area contributed by atoms with Gasteiger partial charge in [-0.25, -0.2) is 4.98 Å². The molecule has 1 heterocycles. The van der Waals surface area contributed by atoms with E-state index in [0.717, 1.165) is 22.5 Å². The summed E-state index contributed by atoms with van der Waals surface area (Å²) in [5, 5.41) is 4.48. The van der Waals surface area contributed by atoms with E-state index in [1.165, 1.54) is 25.7 Å². The first-order valence-corrected chi connectivity index (χ1v) is 7.32. The van der Waals surface area contributed by atoms with Crippen LogP contribution in [0.4, 0.5) is 5.13 Å². The average Bonchev–Trinajstić information content (AvgIpc) is 2.98. The van der Waals surface area contributed by atoms with E-state index in [4.69, 9.17) is 5.73 Å². The van der Waals surface area contributed by atoms with Gasteiger partial charge in [-0.1, -0.05) is 26.7 Å². The molecule has 1 aliphatic rings. The van der Waals surface area contributed by atoms with Gasteiger partial charge in [0.15, 0.2) is 5.13 Å². The quantitative estimate of drug-likeness (QED) is 0.847. The van der Waals surface area contributed by atoms with Crippen molar-refractivity contribution < 1.29 is 0 Å². The van der Waals surface area contributed by atoms with Crippen LogP contribution in [0.5, 0.6) is 0 Å². The lowest BCUT2D eigenvalue weighted by molar-refractivity contribution is 0.234. The number of nitrogens with one attached hydrogen (secondary N) is 1. The second-order valence-corrected chi connectivity index (χ2v) is 6.77. The van der Waals surface area contributed by atoms with Crippen LogP contribution in [-0.4, -0.2) is 11.5 Å². The standard InChI is InChI=1S/C13H23N3S/c1-13(2,10-5-3-4-6-10)9-16-12-15-8-11(7-14)17-12/h8,10H,3-7,9,14H2,1-2H3,(H,15,16). The lowest BCUT2D eigenvalue weighted by atomic mass is 9.78. The van der Waals surface area contributed by atoms with Gasteiger partial charge in [-0.2, -0.15) is 0 Å². The minimum absolute atomic E-state index is 0.366. The van der Waals surface area contributed by atoms with Crippen LogP contribution >= 0.6 is 11.3 Å². The van der Waals surface area contributed by atoms with Crippen LogP contribution in [-0.2, 0) is 6.54 Å². The predicted molar refractivity (Wildman–Crippen MR) is 74.2 cm³/mol. The van der Waals surface area contributed by atoms with Crippen molar-refractivity contribution in [3.05, 3.63) is 11.1 Å². The fraction of sp³-hybridized carbons (Fsp3) is 0.769. The third-order valence-corrected chi connectivity index (χ3v) is 4.89. The van der Waals surface area contributed by atoms with Crippen molar-refractivity contribution in [1.29, 1.82) is 0 Å². The maximum absolute atomic E-state index is 5.59. The Morgan fingerprint density at radius 1 is 1.47 bits per heavy atom. The average molecular weight is 253 g/mol. The van der Waals surface area contributed by atoms with Crippen molar-refractivity contribution >= 4 is 16.5 Å². The first kappa shape index (κ1) is 12.8. The molecule has 0 amide bonds. The van der Waals surface area contributed by atoms with E-state index in [-0.39, 0.29) is 0 Å². The molecular formula is C13H23N3S. The number of thiazole rings is 1. The number of aromatic nitrogens is 1. The highest BCUT2D eigenvalue weighted by atomic mass is 32.1. The number of nitrogens with two attached hydrogens (primary N) is 1. The summed E-state index contributed by atoms with van der Waals surface area (Å²) in [6.07, 6.45) is 7.46. The van der Waals surface area contributed by atoms with Crippen LogP contribution in [0.1, 0.15) is 44.4 Å². The molecule has 1 fully saturated rings. The fourth-order valence-electron chi connectivity index (χ4n) is 2.64. The van der Waals surface area contributed by atoms with Gasteiger partial charge in [-0.3, -0.25) is 0 Å². The summed E-state index contributed by atoms with van der Waals surface area (Å²) in [7, 11) is 0. The summed E-state index contributed by atoms with van der Waals surface area (Å²) in [5.41, 5.74) is 5.95. The summed E-state index contributed by atoms with van der Waals surface area (Å²) in [4.78, 5) is 5.49. The zero-order valence-electron chi connectivity index (χ0n) is 10.8. The van der Waals surface area contributed by atoms with Crippen molar-refractivity contribution in [3.8, 4) is 0 Å². The zero-order valence-corrected chi connectivity index (χ0v) is 11.6. The molecule has 0 unspecified atom stereocenters. The Morgan fingerprint density at radius 2 is 2.18 bits per heavy atom. The second-order valence-electron chi connectivity index (χ2n) is 5.66. The summed E-state index contributed by atoms with van der Waals surface area (Å²) in [5.74, 6) is 0.865. The molecular weight excluding hydrogens is 230 g/mol. The molecule has 3 nitrogen and oxygen atoms in total. The number of nitrogens with zero attached hydrogens (tertiary/aromatic N) is 1. The second kappa shape index (κ2) is 5.36. The molecule has 4 heteroatoms. The van der Waals surface area contributed by atoms with E-state index in [9.17, 15) is 0 Å². The normalized spacial score (nSPS) is 17.6. The molecule has 0 aromatic carbocycles. The molecule has 1 aromatic rings. The molecule has 0 bridgehead atoms. The van der Waals surface area contributed by atoms with Crippen LogP contribution in [0.3, 0.4) is 0 Å². The summed E-state index contributed by atoms with van der Waals surface area (Å²) >= 11 is 1.67. The van der Waals surface area contributed by atoms with Crippen LogP contribution < -0.4 is 11.1 Å². The molecule has 1 saturated carbocycles. The van der Waals surface area contributed by atoms with Crippen LogP contribution in [0.2, 0.25) is 0 Å². The Hall–Kier alpha value is -0.610. The number of hydrogen-bond donors (Lipinski definition) is 2. The summed E-state index contributed by atoms with van der Waals surface area (Å²) in [6, 6.07) is 0. The van der Waals surface area contributed by atoms with Crippen LogP contribution in [0.15, 0.2) is 6.20 Å². The van der Waals surface area contributed by atoms with Gasteiger partial charge in [-0.05, 0) is 24.2 Å². The van der Waals surface area contributed by atoms with E-state index in [1.807, 2.05) is 6.20 Å². The smallest absolute Gasteiger partial charge is 0.182 e. The third-order valence-electron chi connectivity index (χ3n) is 3.91. The molecule has 1 aliphatic carbocycles. The summed E-state index contributed by atoms with van der Waals surface area (Å²) in [6.45, 7) is 6.33. The zero-order chi connectivity index (χ0) is 12.3. The van der Waals surface area contributed by atoms with Crippen molar-refractivity contribution in [2.45, 2.75) is 46.1 Å². The van der Waals surface area contributed by atoms with Crippen LogP contribution in [0.25, 0.3) is 0 Å². The molecule has 0 aliphatic heterocycles. The van der Waals surface area contributed by atoms with E-state index < -0.39 is 0 Å². The van der Waals surface area contributed by atoms with Gasteiger partial charge in [0.25, 0.3) is 0 Å². The lowest BCUT2D eigenvalue weighted by Gasteiger charge is -2.31. The molecule has 17 heavy (non-hydrogen) atoms. The summed E-state index contributed by atoms with van der Waals surface area (Å²) < 4.78 is 0. The maximum Gasteiger partial charge on any atom is 0.182 e. The van der Waals surface area contributed by atoms with Gasteiger partial charge in [0, 0.05) is 24.2 Å². The van der Waals surface area contributed by atoms with E-state index >= 15 is 0 Å². The third kappa shape index (κ3) is 3.19. The van der Waals surface area contributed by atoms with Gasteiger partial charge < -0.3 is 11.1 Å². The Bertz CT molecular complexity index is 353. The molecule has 0 spiro atoms. The Labute approximate surface area is 108 Å². The van der Waals surface area contributed by atoms with Gasteiger partial charge in [-0.15, -0.1) is 11.3 Å². The Balaban J connectivity index is 1.87. The largest absolute Gasteiger partial charge is 0.361 e. The van der Waals surface area contributed by atoms with Gasteiger partial charge in [0.1, 0.15) is 0 Å². The number of rotatable bonds is 5. The Morgan fingerprint density at radius 3 is 2.76 bits per heavy atom. The fourth-order valence-corrected chi connectivity index (χ4v) is 3.33. The van der Waals surface area contributed by atoms with E-state index in [1.54, 1.807) is 11.3 Å². The minimum atomic E-state index is 0.366. The molecule has 1 aromatic heterocycles. The van der Waals surface area contributed by atoms with E-state index in [2.05, 4.69) is 24.1 Å². The maximum atomic E-state index is 5.59. The van der Waals surface area contributed by atoms with Crippen molar-refractivity contribution in [2.75, 3.05) is 11.9 Å². The highest BCUT2D eigenvalue weighted by Gasteiger charge is 2.31. The molecule has 0 saturated heterocycles. The monoisotopic (exact) mass is 253 g/mol. The first-order chi connectivity index (χ1) is 8.12. The van der Waals surface area contributed by atoms with Gasteiger partial charge >= 0.3 is 0 Å².